The van der Waals surface area contributed by atoms with Gasteiger partial charge in [-0.1, -0.05) is 28.1 Å². The molecule has 1 rings (SSSR count). The average molecular weight is 346 g/mol. The van der Waals surface area contributed by atoms with Crippen LogP contribution >= 0.6 is 15.9 Å². The van der Waals surface area contributed by atoms with E-state index in [9.17, 15) is 26.7 Å². The Hall–Kier alpha value is -1.18. The van der Waals surface area contributed by atoms with Crippen LogP contribution in [0.3, 0.4) is 0 Å². The van der Waals surface area contributed by atoms with Crippen LogP contribution in [-0.4, -0.2) is 30.0 Å². The number of hydrogen-bond donors (Lipinski definition) is 0. The molecule has 0 aromatic heterocycles. The van der Waals surface area contributed by atoms with Crippen molar-refractivity contribution in [1.29, 1.82) is 0 Å². The summed E-state index contributed by atoms with van der Waals surface area (Å²) in [5, 5.41) is 0. The van der Waals surface area contributed by atoms with Crippen LogP contribution in [0.5, 0.6) is 0 Å². The maximum absolute atomic E-state index is 12.8. The first-order valence-corrected chi connectivity index (χ1v) is 5.79. The summed E-state index contributed by atoms with van der Waals surface area (Å²) in [6.45, 7) is -0.343. The van der Waals surface area contributed by atoms with Crippen LogP contribution < -0.4 is 0 Å². The van der Waals surface area contributed by atoms with Gasteiger partial charge in [0.1, 0.15) is 0 Å². The van der Waals surface area contributed by atoms with E-state index in [-0.39, 0.29) is 6.54 Å². The van der Waals surface area contributed by atoms with Gasteiger partial charge in [-0.25, -0.2) is 0 Å². The van der Waals surface area contributed by atoms with Crippen LogP contribution in [0.1, 0.15) is 5.56 Å². The first kappa shape index (κ1) is 15.9. The van der Waals surface area contributed by atoms with Crippen LogP contribution in [0.15, 0.2) is 28.7 Å². The van der Waals surface area contributed by atoms with E-state index in [2.05, 4.69) is 15.9 Å². The molecule has 0 radical (unpaired) electrons. The Bertz CT molecular complexity index is 474. The summed E-state index contributed by atoms with van der Waals surface area (Å²) in [7, 11) is 0.892. The summed E-state index contributed by atoms with van der Waals surface area (Å²) >= 11 is 3.13. The molecular weight excluding hydrogens is 337 g/mol. The highest BCUT2D eigenvalue weighted by Gasteiger charge is 2.64. The third-order valence-corrected chi connectivity index (χ3v) is 2.77. The zero-order valence-corrected chi connectivity index (χ0v) is 11.2. The van der Waals surface area contributed by atoms with Crippen molar-refractivity contribution in [3.63, 3.8) is 0 Å². The topological polar surface area (TPSA) is 20.3 Å². The predicted molar refractivity (Wildman–Crippen MR) is 61.6 cm³/mol. The molecule has 1 aromatic carbocycles. The van der Waals surface area contributed by atoms with Gasteiger partial charge in [-0.05, 0) is 17.7 Å². The molecule has 0 saturated carbocycles. The van der Waals surface area contributed by atoms with Crippen molar-refractivity contribution < 1.29 is 26.7 Å². The number of nitrogens with zero attached hydrogens (tertiary/aromatic N) is 1. The Labute approximate surface area is 114 Å². The van der Waals surface area contributed by atoms with Crippen LogP contribution in [0.2, 0.25) is 0 Å². The zero-order valence-electron chi connectivity index (χ0n) is 9.64. The van der Waals surface area contributed by atoms with Gasteiger partial charge in [0.2, 0.25) is 0 Å². The lowest BCUT2D eigenvalue weighted by atomic mass is 10.2. The van der Waals surface area contributed by atoms with E-state index < -0.39 is 18.0 Å². The van der Waals surface area contributed by atoms with E-state index in [1.165, 1.54) is 12.1 Å². The predicted octanol–water partition coefficient (Wildman–Crippen LogP) is 3.61. The van der Waals surface area contributed by atoms with Crippen LogP contribution in [0.25, 0.3) is 0 Å². The van der Waals surface area contributed by atoms with Gasteiger partial charge in [0.05, 0.1) is 0 Å². The van der Waals surface area contributed by atoms with Gasteiger partial charge in [0.15, 0.2) is 0 Å². The third-order valence-electron chi connectivity index (χ3n) is 2.28. The van der Waals surface area contributed by atoms with Gasteiger partial charge in [-0.15, -0.1) is 0 Å². The fourth-order valence-electron chi connectivity index (χ4n) is 1.34. The molecule has 0 heterocycles. The van der Waals surface area contributed by atoms with Crippen molar-refractivity contribution in [3.05, 3.63) is 34.3 Å². The summed E-state index contributed by atoms with van der Waals surface area (Å²) in [5.41, 5.74) is 0.434. The largest absolute Gasteiger partial charge is 0.463 e. The third kappa shape index (κ3) is 3.65. The number of alkyl halides is 5. The lowest BCUT2D eigenvalue weighted by molar-refractivity contribution is -0.274. The van der Waals surface area contributed by atoms with E-state index in [4.69, 9.17) is 0 Å². The molecule has 0 bridgehead atoms. The average Bonchev–Trinajstić information content (AvgIpc) is 2.26. The summed E-state index contributed by atoms with van der Waals surface area (Å²) in [6.07, 6.45) is -5.89. The SMILES string of the molecule is CN(Cc1cccc(Br)c1)C(=O)C(F)(F)C(F)(F)F. The second-order valence-corrected chi connectivity index (χ2v) is 4.78. The quantitative estimate of drug-likeness (QED) is 0.766. The Balaban J connectivity index is 2.84. The molecule has 0 aliphatic heterocycles. The highest BCUT2D eigenvalue weighted by Crippen LogP contribution is 2.36. The standard InChI is InChI=1S/C11H9BrF5NO/c1-18(6-7-3-2-4-8(12)5-7)9(19)10(13,14)11(15,16)17/h2-5H,6H2,1H3. The van der Waals surface area contributed by atoms with Crippen molar-refractivity contribution in [3.8, 4) is 0 Å². The van der Waals surface area contributed by atoms with Crippen molar-refractivity contribution >= 4 is 21.8 Å². The van der Waals surface area contributed by atoms with E-state index in [0.717, 1.165) is 7.05 Å². The van der Waals surface area contributed by atoms with Crippen LogP contribution in [0.4, 0.5) is 22.0 Å². The van der Waals surface area contributed by atoms with E-state index in [0.29, 0.717) is 14.9 Å². The van der Waals surface area contributed by atoms with E-state index in [1.807, 2.05) is 0 Å². The van der Waals surface area contributed by atoms with Crippen LogP contribution in [-0.2, 0) is 11.3 Å². The smallest absolute Gasteiger partial charge is 0.336 e. The van der Waals surface area contributed by atoms with Gasteiger partial charge in [-0.3, -0.25) is 4.79 Å². The molecule has 2 nitrogen and oxygen atoms in total. The zero-order chi connectivity index (χ0) is 14.8. The summed E-state index contributed by atoms with van der Waals surface area (Å²) in [4.78, 5) is 11.5. The number of carbonyl (C=O) groups excluding carboxylic acids is 1. The van der Waals surface area contributed by atoms with Crippen molar-refractivity contribution in [2.24, 2.45) is 0 Å². The van der Waals surface area contributed by atoms with Gasteiger partial charge < -0.3 is 4.90 Å². The highest BCUT2D eigenvalue weighted by atomic mass is 79.9. The van der Waals surface area contributed by atoms with Gasteiger partial charge in [0, 0.05) is 18.1 Å². The molecule has 19 heavy (non-hydrogen) atoms. The molecule has 0 aliphatic carbocycles. The number of carbonyl (C=O) groups is 1. The monoisotopic (exact) mass is 345 g/mol. The molecule has 0 unspecified atom stereocenters. The minimum Gasteiger partial charge on any atom is -0.336 e. The molecule has 0 atom stereocenters. The van der Waals surface area contributed by atoms with Crippen LogP contribution in [0, 0.1) is 0 Å². The number of hydrogen-bond acceptors (Lipinski definition) is 1. The molecule has 0 spiro atoms. The normalized spacial score (nSPS) is 12.4. The maximum atomic E-state index is 12.8. The second-order valence-electron chi connectivity index (χ2n) is 3.86. The van der Waals surface area contributed by atoms with Gasteiger partial charge >= 0.3 is 18.0 Å². The van der Waals surface area contributed by atoms with Crippen molar-refractivity contribution in [1.82, 2.24) is 4.90 Å². The molecule has 0 fully saturated rings. The Morgan fingerprint density at radius 2 is 1.84 bits per heavy atom. The fourth-order valence-corrected chi connectivity index (χ4v) is 1.79. The lowest BCUT2D eigenvalue weighted by Gasteiger charge is -2.24. The molecule has 1 amide bonds. The molecule has 1 aromatic rings. The molecule has 8 heteroatoms. The Morgan fingerprint density at radius 1 is 1.26 bits per heavy atom. The number of rotatable bonds is 3. The lowest BCUT2D eigenvalue weighted by Crippen LogP contribution is -2.50. The van der Waals surface area contributed by atoms with Crippen molar-refractivity contribution in [2.75, 3.05) is 7.05 Å². The number of amides is 1. The van der Waals surface area contributed by atoms with Gasteiger partial charge in [-0.2, -0.15) is 22.0 Å². The molecule has 106 valence electrons. The Morgan fingerprint density at radius 3 is 2.32 bits per heavy atom. The second kappa shape index (κ2) is 5.44. The fraction of sp³-hybridized carbons (Fsp3) is 0.364. The van der Waals surface area contributed by atoms with Crippen molar-refractivity contribution in [2.45, 2.75) is 18.6 Å². The maximum Gasteiger partial charge on any atom is 0.463 e. The minimum atomic E-state index is -5.89. The minimum absolute atomic E-state index is 0.343. The Kier molecular flexibility index (Phi) is 4.54. The van der Waals surface area contributed by atoms with E-state index in [1.54, 1.807) is 12.1 Å². The molecule has 0 aliphatic rings. The summed E-state index contributed by atoms with van der Waals surface area (Å²) < 4.78 is 62.4. The first-order valence-electron chi connectivity index (χ1n) is 5.00. The van der Waals surface area contributed by atoms with Gasteiger partial charge in [0.25, 0.3) is 0 Å². The number of halogens is 6. The van der Waals surface area contributed by atoms with E-state index >= 15 is 0 Å². The molecule has 0 saturated heterocycles. The first-order chi connectivity index (χ1) is 8.55. The molecule has 0 N–H and O–H groups in total. The summed E-state index contributed by atoms with van der Waals surface area (Å²) in [6, 6.07) is 6.28. The molecular formula is C11H9BrF5NO. The summed E-state index contributed by atoms with van der Waals surface area (Å²) in [5.74, 6) is -7.66. The number of benzene rings is 1. The highest BCUT2D eigenvalue weighted by molar-refractivity contribution is 9.10.